The molecule has 0 bridgehead atoms. The van der Waals surface area contributed by atoms with Crippen LogP contribution in [0.2, 0.25) is 0 Å². The third-order valence-electron chi connectivity index (χ3n) is 8.78. The van der Waals surface area contributed by atoms with Gasteiger partial charge in [-0.05, 0) is 75.8 Å². The number of nitrogens with zero attached hydrogens (tertiary/aromatic N) is 4. The molecule has 3 N–H and O–H groups in total. The first-order valence-corrected chi connectivity index (χ1v) is 12.6. The summed E-state index contributed by atoms with van der Waals surface area (Å²) in [5.74, 6) is -1.03. The van der Waals surface area contributed by atoms with E-state index in [0.29, 0.717) is 50.0 Å². The van der Waals surface area contributed by atoms with Crippen LogP contribution in [0, 0.1) is 24.7 Å². The van der Waals surface area contributed by atoms with Gasteiger partial charge in [0.05, 0.1) is 11.4 Å². The van der Waals surface area contributed by atoms with Gasteiger partial charge >= 0.3 is 6.18 Å². The zero-order valence-electron chi connectivity index (χ0n) is 20.8. The highest BCUT2D eigenvalue weighted by Gasteiger charge is 2.66. The summed E-state index contributed by atoms with van der Waals surface area (Å²) in [5.41, 5.74) is 5.12. The number of primary amides is 1. The molecule has 1 saturated heterocycles. The van der Waals surface area contributed by atoms with Crippen LogP contribution in [0.5, 0.6) is 0 Å². The number of H-pyrrole nitrogens is 1. The highest BCUT2D eigenvalue weighted by atomic mass is 19.4. The van der Waals surface area contributed by atoms with E-state index < -0.39 is 23.2 Å². The number of nitrogens with one attached hydrogen (secondary N) is 1. The molecule has 0 radical (unpaired) electrons. The van der Waals surface area contributed by atoms with E-state index in [1.807, 2.05) is 6.92 Å². The molecular formula is C25H31F3N6O3. The molecule has 200 valence electrons. The molecule has 5 rings (SSSR count). The van der Waals surface area contributed by atoms with Crippen LogP contribution in [0.1, 0.15) is 61.1 Å². The molecule has 2 saturated carbocycles. The molecule has 1 spiro atoms. The maximum atomic E-state index is 13.7. The van der Waals surface area contributed by atoms with Gasteiger partial charge in [0.1, 0.15) is 6.33 Å². The monoisotopic (exact) mass is 520 g/mol. The Bertz CT molecular complexity index is 1190. The minimum absolute atomic E-state index is 0.00427. The summed E-state index contributed by atoms with van der Waals surface area (Å²) in [6.07, 6.45) is -1.01. The number of carbonyl (C=O) groups excluding carboxylic acids is 2. The Labute approximate surface area is 212 Å². The third-order valence-corrected chi connectivity index (χ3v) is 8.78. The van der Waals surface area contributed by atoms with E-state index in [2.05, 4.69) is 20.2 Å². The first-order valence-electron chi connectivity index (χ1n) is 12.6. The maximum absolute atomic E-state index is 13.7. The lowest BCUT2D eigenvalue weighted by Crippen LogP contribution is -2.53. The highest BCUT2D eigenvalue weighted by molar-refractivity contribution is 5.94. The van der Waals surface area contributed by atoms with Crippen molar-refractivity contribution in [1.29, 1.82) is 0 Å². The van der Waals surface area contributed by atoms with Crippen LogP contribution >= 0.6 is 0 Å². The molecule has 0 aromatic carbocycles. The molecule has 3 aliphatic rings. The van der Waals surface area contributed by atoms with Gasteiger partial charge in [0, 0.05) is 30.8 Å². The van der Waals surface area contributed by atoms with E-state index in [9.17, 15) is 22.8 Å². The number of hydrogen-bond acceptors (Lipinski definition) is 6. The third kappa shape index (κ3) is 4.38. The quantitative estimate of drug-likeness (QED) is 0.622. The molecule has 9 nitrogen and oxygen atoms in total. The smallest absolute Gasteiger partial charge is 0.369 e. The molecular weight excluding hydrogens is 489 g/mol. The fraction of sp³-hybridized carbons (Fsp3) is 0.640. The van der Waals surface area contributed by atoms with Crippen LogP contribution in [0.4, 0.5) is 13.2 Å². The maximum Gasteiger partial charge on any atom is 0.417 e. The summed E-state index contributed by atoms with van der Waals surface area (Å²) in [4.78, 5) is 35.8. The number of nitrogens with two attached hydrogens (primary N) is 1. The molecule has 3 fully saturated rings. The van der Waals surface area contributed by atoms with Crippen LogP contribution in [0.3, 0.4) is 0 Å². The number of halogens is 3. The predicted octanol–water partition coefficient (Wildman–Crippen LogP) is 3.41. The number of piperidine rings is 1. The van der Waals surface area contributed by atoms with Gasteiger partial charge in [0.15, 0.2) is 11.3 Å². The molecule has 2 aliphatic carbocycles. The fourth-order valence-corrected chi connectivity index (χ4v) is 6.58. The fourth-order valence-electron chi connectivity index (χ4n) is 6.58. The van der Waals surface area contributed by atoms with Gasteiger partial charge in [-0.1, -0.05) is 0 Å². The lowest BCUT2D eigenvalue weighted by atomic mass is 9.74. The van der Waals surface area contributed by atoms with E-state index in [1.54, 1.807) is 17.0 Å². The Kier molecular flexibility index (Phi) is 6.28. The van der Waals surface area contributed by atoms with Crippen LogP contribution in [0.15, 0.2) is 18.5 Å². The molecule has 2 aromatic rings. The number of amides is 2. The zero-order valence-corrected chi connectivity index (χ0v) is 20.8. The van der Waals surface area contributed by atoms with Gasteiger partial charge in [0.2, 0.25) is 5.91 Å². The Morgan fingerprint density at radius 2 is 1.89 bits per heavy atom. The standard InChI is InChI=1S/C25H31F3N6O3/c1-14-9-18(31-13-30-14)19-10-20(33-32-19)22(36)34-8-5-16(21(29)35)11-23(34)12-17(23)15-3-6-24(37-2,7-4-15)25(26,27)28/h9-10,13,15-17H,3-8,11-12H2,1-2H3,(H2,29,35)(H,32,33). The van der Waals surface area contributed by atoms with Crippen molar-refractivity contribution in [3.8, 4) is 11.4 Å². The van der Waals surface area contributed by atoms with E-state index in [-0.39, 0.29) is 42.2 Å². The van der Waals surface area contributed by atoms with Crippen LogP contribution in [0.25, 0.3) is 11.4 Å². The van der Waals surface area contributed by atoms with Crippen molar-refractivity contribution in [3.63, 3.8) is 0 Å². The SMILES string of the molecule is COC1(C(F)(F)F)CCC(C2CC23CC(C(N)=O)CCN3C(=O)c2cc(-c3cc(C)ncn3)[nH]n2)CC1. The van der Waals surface area contributed by atoms with Gasteiger partial charge in [-0.15, -0.1) is 0 Å². The molecule has 3 heterocycles. The number of aromatic nitrogens is 4. The minimum atomic E-state index is -4.43. The number of carbonyl (C=O) groups is 2. The highest BCUT2D eigenvalue weighted by Crippen LogP contribution is 2.62. The van der Waals surface area contributed by atoms with Crippen LogP contribution in [-0.2, 0) is 9.53 Å². The summed E-state index contributed by atoms with van der Waals surface area (Å²) in [6, 6.07) is 3.43. The summed E-state index contributed by atoms with van der Waals surface area (Å²) < 4.78 is 46.0. The lowest BCUT2D eigenvalue weighted by molar-refractivity contribution is -0.282. The number of ether oxygens (including phenoxy) is 1. The number of methoxy groups -OCH3 is 1. The van der Waals surface area contributed by atoms with Crippen molar-refractivity contribution < 1.29 is 27.5 Å². The summed E-state index contributed by atoms with van der Waals surface area (Å²) in [6.45, 7) is 2.18. The van der Waals surface area contributed by atoms with Gasteiger partial charge < -0.3 is 15.4 Å². The summed E-state index contributed by atoms with van der Waals surface area (Å²) in [5, 5.41) is 7.10. The van der Waals surface area contributed by atoms with Gasteiger partial charge in [-0.2, -0.15) is 18.3 Å². The Morgan fingerprint density at radius 3 is 2.51 bits per heavy atom. The molecule has 1 aliphatic heterocycles. The summed E-state index contributed by atoms with van der Waals surface area (Å²) >= 11 is 0. The predicted molar refractivity (Wildman–Crippen MR) is 126 cm³/mol. The lowest BCUT2D eigenvalue weighted by Gasteiger charge is -2.43. The van der Waals surface area contributed by atoms with Gasteiger partial charge in [0.25, 0.3) is 5.91 Å². The number of aromatic amines is 1. The Balaban J connectivity index is 1.36. The number of rotatable bonds is 5. The van der Waals surface area contributed by atoms with E-state index in [1.165, 1.54) is 6.33 Å². The van der Waals surface area contributed by atoms with E-state index in [4.69, 9.17) is 10.5 Å². The molecule has 12 heteroatoms. The number of aryl methyl sites for hydroxylation is 1. The largest absolute Gasteiger partial charge is 0.417 e. The average Bonchev–Trinajstić information content (AvgIpc) is 3.33. The number of likely N-dealkylation sites (tertiary alicyclic amines) is 1. The Morgan fingerprint density at radius 1 is 1.16 bits per heavy atom. The van der Waals surface area contributed by atoms with Crippen LogP contribution < -0.4 is 5.73 Å². The van der Waals surface area contributed by atoms with E-state index >= 15 is 0 Å². The Hall–Kier alpha value is -3.02. The normalized spacial score (nSPS) is 31.9. The van der Waals surface area contributed by atoms with Gasteiger partial charge in [-0.25, -0.2) is 9.97 Å². The zero-order chi connectivity index (χ0) is 26.6. The second-order valence-corrected chi connectivity index (χ2v) is 10.7. The summed E-state index contributed by atoms with van der Waals surface area (Å²) in [7, 11) is 1.12. The van der Waals surface area contributed by atoms with Crippen LogP contribution in [-0.4, -0.2) is 67.9 Å². The average molecular weight is 521 g/mol. The number of hydrogen-bond donors (Lipinski definition) is 2. The second kappa shape index (κ2) is 9.07. The minimum Gasteiger partial charge on any atom is -0.369 e. The topological polar surface area (TPSA) is 127 Å². The number of alkyl halides is 3. The van der Waals surface area contributed by atoms with Crippen molar-refractivity contribution in [2.24, 2.45) is 23.5 Å². The molecule has 3 unspecified atom stereocenters. The van der Waals surface area contributed by atoms with Crippen molar-refractivity contribution in [2.45, 2.75) is 69.2 Å². The van der Waals surface area contributed by atoms with Crippen molar-refractivity contribution >= 4 is 11.8 Å². The molecule has 2 amide bonds. The first kappa shape index (κ1) is 25.6. The molecule has 37 heavy (non-hydrogen) atoms. The first-order chi connectivity index (χ1) is 17.5. The van der Waals surface area contributed by atoms with Gasteiger partial charge in [-0.3, -0.25) is 14.7 Å². The van der Waals surface area contributed by atoms with Crippen molar-refractivity contribution in [1.82, 2.24) is 25.1 Å². The second-order valence-electron chi connectivity index (χ2n) is 10.7. The molecule has 3 atom stereocenters. The van der Waals surface area contributed by atoms with E-state index in [0.717, 1.165) is 12.8 Å². The van der Waals surface area contributed by atoms with Crippen molar-refractivity contribution in [3.05, 3.63) is 29.8 Å². The molecule has 2 aromatic heterocycles. The van der Waals surface area contributed by atoms with Crippen molar-refractivity contribution in [2.75, 3.05) is 13.7 Å².